The average Bonchev–Trinajstić information content (AvgIpc) is 3.32. The number of alkyl halides is 3. The third-order valence-corrected chi connectivity index (χ3v) is 6.95. The van der Waals surface area contributed by atoms with Crippen molar-refractivity contribution in [2.75, 3.05) is 24.7 Å². The number of hydrogen-bond acceptors (Lipinski definition) is 7. The van der Waals surface area contributed by atoms with Crippen molar-refractivity contribution in [2.24, 2.45) is 0 Å². The van der Waals surface area contributed by atoms with Crippen LogP contribution in [0.5, 0.6) is 0 Å². The number of aryl methyl sites for hydroxylation is 2. The lowest BCUT2D eigenvalue weighted by atomic mass is 9.85. The van der Waals surface area contributed by atoms with Gasteiger partial charge in [-0.05, 0) is 31.9 Å². The van der Waals surface area contributed by atoms with Crippen molar-refractivity contribution in [3.8, 4) is 0 Å². The molecule has 1 unspecified atom stereocenters. The number of amides is 1. The van der Waals surface area contributed by atoms with Crippen LogP contribution in [-0.2, 0) is 26.8 Å². The second kappa shape index (κ2) is 9.37. The van der Waals surface area contributed by atoms with Gasteiger partial charge in [0.15, 0.2) is 0 Å². The summed E-state index contributed by atoms with van der Waals surface area (Å²) in [5, 5.41) is 9.75. The number of anilines is 1. The number of pyridine rings is 1. The fraction of sp³-hybridized carbons (Fsp3) is 0.450. The summed E-state index contributed by atoms with van der Waals surface area (Å²) < 4.78 is 58.7. The molecule has 0 radical (unpaired) electrons. The molecule has 4 heterocycles. The van der Waals surface area contributed by atoms with Crippen LogP contribution in [0.4, 0.5) is 19.0 Å². The second-order valence-electron chi connectivity index (χ2n) is 8.27. The molecule has 0 aliphatic carbocycles. The number of rotatable bonds is 3. The molecule has 190 valence electrons. The summed E-state index contributed by atoms with van der Waals surface area (Å²) in [6.45, 7) is 3.12. The van der Waals surface area contributed by atoms with Crippen molar-refractivity contribution in [3.63, 3.8) is 0 Å². The van der Waals surface area contributed by atoms with Crippen LogP contribution in [0, 0.1) is 6.92 Å². The quantitative estimate of drug-likeness (QED) is 0.615. The number of carbonyl (C=O) groups excluding carboxylic acids is 1. The lowest BCUT2D eigenvalue weighted by molar-refractivity contribution is -0.192. The number of fused-ring (bicyclic) bond motifs is 2. The lowest BCUT2D eigenvalue weighted by Gasteiger charge is -2.22. The Balaban J connectivity index is 0.000000429. The Morgan fingerprint density at radius 3 is 2.34 bits per heavy atom. The largest absolute Gasteiger partial charge is 0.490 e. The van der Waals surface area contributed by atoms with Gasteiger partial charge in [0.2, 0.25) is 10.0 Å². The molecule has 35 heavy (non-hydrogen) atoms. The predicted molar refractivity (Wildman–Crippen MR) is 116 cm³/mol. The number of halogens is 3. The van der Waals surface area contributed by atoms with Gasteiger partial charge in [-0.25, -0.2) is 22.5 Å². The number of nitrogens with one attached hydrogen (secondary N) is 1. The molecule has 2 aromatic rings. The highest BCUT2D eigenvalue weighted by atomic mass is 32.2. The van der Waals surface area contributed by atoms with Crippen molar-refractivity contribution in [2.45, 2.75) is 37.9 Å². The van der Waals surface area contributed by atoms with E-state index in [9.17, 15) is 31.2 Å². The smallest absolute Gasteiger partial charge is 0.475 e. The van der Waals surface area contributed by atoms with E-state index in [0.717, 1.165) is 5.69 Å². The van der Waals surface area contributed by atoms with Crippen molar-refractivity contribution in [1.29, 1.82) is 0 Å². The van der Waals surface area contributed by atoms with Crippen LogP contribution in [-0.4, -0.2) is 69.8 Å². The molecule has 0 aromatic carbocycles. The first-order valence-electron chi connectivity index (χ1n) is 10.2. The minimum Gasteiger partial charge on any atom is -0.475 e. The highest BCUT2D eigenvalue weighted by Crippen LogP contribution is 2.41. The van der Waals surface area contributed by atoms with Crippen LogP contribution in [0.3, 0.4) is 0 Å². The molecule has 1 saturated heterocycles. The van der Waals surface area contributed by atoms with Gasteiger partial charge >= 0.3 is 12.1 Å². The molecule has 1 atom stereocenters. The maximum Gasteiger partial charge on any atom is 0.490 e. The lowest BCUT2D eigenvalue weighted by Crippen LogP contribution is -2.35. The molecule has 2 N–H and O–H groups in total. The summed E-state index contributed by atoms with van der Waals surface area (Å²) in [7, 11) is -3.29. The minimum atomic E-state index is -5.08. The van der Waals surface area contributed by atoms with Gasteiger partial charge in [0.05, 0.1) is 6.26 Å². The maximum absolute atomic E-state index is 12.6. The number of aliphatic carboxylic acids is 1. The summed E-state index contributed by atoms with van der Waals surface area (Å²) in [6, 6.07) is 5.22. The van der Waals surface area contributed by atoms with Crippen LogP contribution < -0.4 is 10.9 Å². The summed E-state index contributed by atoms with van der Waals surface area (Å²) in [6.07, 6.45) is -1.07. The van der Waals surface area contributed by atoms with E-state index in [1.165, 1.54) is 16.8 Å². The van der Waals surface area contributed by atoms with Gasteiger partial charge in [0.25, 0.3) is 11.5 Å². The fourth-order valence-corrected chi connectivity index (χ4v) is 4.89. The predicted octanol–water partition coefficient (Wildman–Crippen LogP) is 1.14. The molecule has 11 nitrogen and oxygen atoms in total. The Hall–Kier alpha value is -3.33. The molecule has 4 rings (SSSR count). The van der Waals surface area contributed by atoms with Gasteiger partial charge in [-0.2, -0.15) is 18.2 Å². The van der Waals surface area contributed by atoms with Gasteiger partial charge in [-0.1, -0.05) is 6.07 Å². The highest BCUT2D eigenvalue weighted by molar-refractivity contribution is 7.88. The Labute approximate surface area is 197 Å². The number of carboxylic acids is 1. The van der Waals surface area contributed by atoms with Crippen molar-refractivity contribution in [3.05, 3.63) is 51.8 Å². The number of carbonyl (C=O) groups is 2. The van der Waals surface area contributed by atoms with Crippen molar-refractivity contribution < 1.29 is 36.3 Å². The van der Waals surface area contributed by atoms with E-state index in [-0.39, 0.29) is 5.56 Å². The van der Waals surface area contributed by atoms with Crippen LogP contribution >= 0.6 is 0 Å². The Morgan fingerprint density at radius 1 is 1.17 bits per heavy atom. The van der Waals surface area contributed by atoms with Crippen LogP contribution in [0.25, 0.3) is 0 Å². The monoisotopic (exact) mass is 517 g/mol. The van der Waals surface area contributed by atoms with Gasteiger partial charge in [-0.3, -0.25) is 9.59 Å². The topological polar surface area (TPSA) is 152 Å². The Morgan fingerprint density at radius 2 is 1.80 bits per heavy atom. The van der Waals surface area contributed by atoms with Crippen LogP contribution in [0.1, 0.15) is 34.7 Å². The van der Waals surface area contributed by atoms with E-state index in [2.05, 4.69) is 15.3 Å². The number of aromatic nitrogens is 3. The maximum atomic E-state index is 12.6. The van der Waals surface area contributed by atoms with E-state index in [1.54, 1.807) is 16.7 Å². The minimum absolute atomic E-state index is 0.0536. The molecular formula is C20H22F3N5O6S. The van der Waals surface area contributed by atoms with E-state index in [1.807, 2.05) is 13.0 Å². The Kier molecular flexibility index (Phi) is 7.04. The SMILES string of the molecule is Cc1cccc(NC(=O)c2cn3c(nc2=O)C2(CCN(S(C)(=O)=O)C2)CC3)n1.O=C(O)C(F)(F)F. The average molecular weight is 517 g/mol. The van der Waals surface area contributed by atoms with Crippen molar-refractivity contribution in [1.82, 2.24) is 18.8 Å². The molecule has 2 aliphatic heterocycles. The number of sulfonamides is 1. The molecular weight excluding hydrogens is 495 g/mol. The molecule has 2 aliphatic rings. The number of hydrogen-bond donors (Lipinski definition) is 2. The normalized spacial score (nSPS) is 19.7. The van der Waals surface area contributed by atoms with Gasteiger partial charge in [0.1, 0.15) is 17.2 Å². The molecule has 2 aromatic heterocycles. The molecule has 0 bridgehead atoms. The highest BCUT2D eigenvalue weighted by Gasteiger charge is 2.48. The first kappa shape index (κ1) is 26.3. The molecule has 1 amide bonds. The number of carboxylic acid groups (broad SMARTS) is 1. The molecule has 1 fully saturated rings. The zero-order valence-corrected chi connectivity index (χ0v) is 19.5. The van der Waals surface area contributed by atoms with E-state index >= 15 is 0 Å². The zero-order chi connectivity index (χ0) is 26.2. The van der Waals surface area contributed by atoms with Crippen LogP contribution in [0.15, 0.2) is 29.2 Å². The molecule has 1 spiro atoms. The molecule has 0 saturated carbocycles. The summed E-state index contributed by atoms with van der Waals surface area (Å²) in [4.78, 5) is 42.4. The van der Waals surface area contributed by atoms with Crippen LogP contribution in [0.2, 0.25) is 0 Å². The third kappa shape index (κ3) is 5.85. The first-order chi connectivity index (χ1) is 16.1. The molecule has 15 heteroatoms. The van der Waals surface area contributed by atoms with Gasteiger partial charge in [0, 0.05) is 36.9 Å². The number of nitrogens with zero attached hydrogens (tertiary/aromatic N) is 4. The van der Waals surface area contributed by atoms with Crippen molar-refractivity contribution >= 4 is 27.7 Å². The Bertz CT molecular complexity index is 1330. The van der Waals surface area contributed by atoms with Gasteiger partial charge < -0.3 is 15.0 Å². The second-order valence-corrected chi connectivity index (χ2v) is 10.3. The third-order valence-electron chi connectivity index (χ3n) is 5.71. The summed E-state index contributed by atoms with van der Waals surface area (Å²) in [5.74, 6) is -2.39. The van der Waals surface area contributed by atoms with E-state index in [0.29, 0.717) is 44.1 Å². The van der Waals surface area contributed by atoms with E-state index < -0.39 is 39.1 Å². The first-order valence-corrected chi connectivity index (χ1v) is 12.1. The standard InChI is InChI=1S/C18H21N5O4S.C2HF3O2/c1-12-4-3-5-14(19-12)20-15(24)13-10-22-8-6-18(17(22)21-16(13)25)7-9-23(11-18)28(2,26)27;3-2(4,5)1(6)7/h3-5,10H,6-9,11H2,1-2H3,(H,19,20,24);(H,6,7). The summed E-state index contributed by atoms with van der Waals surface area (Å²) >= 11 is 0. The fourth-order valence-electron chi connectivity index (χ4n) is 3.99. The van der Waals surface area contributed by atoms with E-state index in [4.69, 9.17) is 9.90 Å². The van der Waals surface area contributed by atoms with Gasteiger partial charge in [-0.15, -0.1) is 0 Å². The summed E-state index contributed by atoms with van der Waals surface area (Å²) in [5.41, 5.74) is -0.382. The zero-order valence-electron chi connectivity index (χ0n) is 18.7.